The van der Waals surface area contributed by atoms with Crippen molar-refractivity contribution in [1.82, 2.24) is 10.2 Å². The summed E-state index contributed by atoms with van der Waals surface area (Å²) in [6.07, 6.45) is 0.949. The third-order valence-electron chi connectivity index (χ3n) is 6.01. The summed E-state index contributed by atoms with van der Waals surface area (Å²) < 4.78 is 14.6. The number of hydrogen-bond acceptors (Lipinski definition) is 3. The lowest BCUT2D eigenvalue weighted by atomic mass is 9.96. The van der Waals surface area contributed by atoms with E-state index in [0.29, 0.717) is 18.7 Å². The highest BCUT2D eigenvalue weighted by Gasteiger charge is 2.25. The number of carbonyl (C=O) groups is 1. The molecular weight excluding hydrogens is 353 g/mol. The molecule has 0 radical (unpaired) electrons. The summed E-state index contributed by atoms with van der Waals surface area (Å²) in [5.74, 6) is -0.116. The SMILES string of the molecule is Cc1ccc(N2CCN(C(=O)c3ccc(C4CCNC4)c(F)c3)CC2)c(C)c1. The maximum atomic E-state index is 14.6. The van der Waals surface area contributed by atoms with Crippen LogP contribution in [0.4, 0.5) is 10.1 Å². The van der Waals surface area contributed by atoms with Crippen molar-refractivity contribution < 1.29 is 9.18 Å². The molecule has 5 heteroatoms. The summed E-state index contributed by atoms with van der Waals surface area (Å²) in [5.41, 5.74) is 4.93. The van der Waals surface area contributed by atoms with Gasteiger partial charge in [0.15, 0.2) is 0 Å². The van der Waals surface area contributed by atoms with Gasteiger partial charge in [-0.25, -0.2) is 4.39 Å². The van der Waals surface area contributed by atoms with Crippen molar-refractivity contribution in [1.29, 1.82) is 0 Å². The van der Waals surface area contributed by atoms with Gasteiger partial charge in [0, 0.05) is 49.9 Å². The number of amides is 1. The van der Waals surface area contributed by atoms with Crippen molar-refractivity contribution in [3.63, 3.8) is 0 Å². The number of benzene rings is 2. The first kappa shape index (κ1) is 18.9. The Morgan fingerprint density at radius 1 is 1.07 bits per heavy atom. The van der Waals surface area contributed by atoms with Crippen molar-refractivity contribution in [3.8, 4) is 0 Å². The molecule has 2 aliphatic rings. The summed E-state index contributed by atoms with van der Waals surface area (Å²) in [4.78, 5) is 17.0. The number of aryl methyl sites for hydroxylation is 2. The van der Waals surface area contributed by atoms with E-state index in [0.717, 1.165) is 38.2 Å². The molecule has 1 atom stereocenters. The van der Waals surface area contributed by atoms with Gasteiger partial charge in [0.05, 0.1) is 0 Å². The van der Waals surface area contributed by atoms with Crippen LogP contribution in [-0.4, -0.2) is 50.1 Å². The van der Waals surface area contributed by atoms with Crippen molar-refractivity contribution in [2.24, 2.45) is 0 Å². The van der Waals surface area contributed by atoms with Crippen LogP contribution >= 0.6 is 0 Å². The predicted octanol–water partition coefficient (Wildman–Crippen LogP) is 3.48. The molecule has 4 nitrogen and oxygen atoms in total. The number of nitrogens with one attached hydrogen (secondary N) is 1. The summed E-state index contributed by atoms with van der Waals surface area (Å²) in [6.45, 7) is 8.86. The topological polar surface area (TPSA) is 35.6 Å². The zero-order chi connectivity index (χ0) is 19.7. The zero-order valence-electron chi connectivity index (χ0n) is 16.7. The van der Waals surface area contributed by atoms with E-state index in [1.165, 1.54) is 22.9 Å². The van der Waals surface area contributed by atoms with Crippen LogP contribution in [0.25, 0.3) is 0 Å². The Kier molecular flexibility index (Phi) is 5.36. The van der Waals surface area contributed by atoms with Crippen molar-refractivity contribution in [2.45, 2.75) is 26.2 Å². The molecule has 28 heavy (non-hydrogen) atoms. The standard InChI is InChI=1S/C23H28FN3O/c1-16-3-6-22(17(2)13-16)26-9-11-27(12-10-26)23(28)18-4-5-20(21(24)14-18)19-7-8-25-15-19/h3-6,13-14,19,25H,7-12,15H2,1-2H3. The fourth-order valence-electron chi connectivity index (χ4n) is 4.40. The first-order valence-electron chi connectivity index (χ1n) is 10.1. The predicted molar refractivity (Wildman–Crippen MR) is 111 cm³/mol. The molecule has 2 heterocycles. The average molecular weight is 381 g/mol. The third kappa shape index (κ3) is 3.76. The maximum Gasteiger partial charge on any atom is 0.254 e. The van der Waals surface area contributed by atoms with Crippen LogP contribution in [0, 0.1) is 19.7 Å². The molecule has 2 aliphatic heterocycles. The Morgan fingerprint density at radius 3 is 2.50 bits per heavy atom. The summed E-state index contributed by atoms with van der Waals surface area (Å²) in [6, 6.07) is 11.5. The van der Waals surface area contributed by atoms with Crippen LogP contribution in [-0.2, 0) is 0 Å². The second kappa shape index (κ2) is 7.92. The first-order valence-corrected chi connectivity index (χ1v) is 10.1. The normalized spacial score (nSPS) is 19.9. The number of halogens is 1. The fraction of sp³-hybridized carbons (Fsp3) is 0.435. The molecule has 1 amide bonds. The average Bonchev–Trinajstić information content (AvgIpc) is 3.22. The molecule has 1 N–H and O–H groups in total. The van der Waals surface area contributed by atoms with Crippen LogP contribution < -0.4 is 10.2 Å². The van der Waals surface area contributed by atoms with Gasteiger partial charge in [0.2, 0.25) is 0 Å². The molecule has 1 unspecified atom stereocenters. The Labute approximate surface area is 166 Å². The summed E-state index contributed by atoms with van der Waals surface area (Å²) in [7, 11) is 0. The van der Waals surface area contributed by atoms with Gasteiger partial charge < -0.3 is 15.1 Å². The lowest BCUT2D eigenvalue weighted by Crippen LogP contribution is -2.49. The Morgan fingerprint density at radius 2 is 1.86 bits per heavy atom. The maximum absolute atomic E-state index is 14.6. The molecule has 2 aromatic rings. The molecule has 0 aromatic heterocycles. The van der Waals surface area contributed by atoms with Gasteiger partial charge in [0.25, 0.3) is 5.91 Å². The number of nitrogens with zero attached hydrogens (tertiary/aromatic N) is 2. The smallest absolute Gasteiger partial charge is 0.254 e. The van der Waals surface area contributed by atoms with Gasteiger partial charge in [-0.15, -0.1) is 0 Å². The third-order valence-corrected chi connectivity index (χ3v) is 6.01. The van der Waals surface area contributed by atoms with Gasteiger partial charge >= 0.3 is 0 Å². The molecule has 0 aliphatic carbocycles. The Hall–Kier alpha value is -2.40. The molecule has 2 fully saturated rings. The highest BCUT2D eigenvalue weighted by molar-refractivity contribution is 5.94. The number of rotatable bonds is 3. The summed E-state index contributed by atoms with van der Waals surface area (Å²) >= 11 is 0. The minimum Gasteiger partial charge on any atom is -0.368 e. The van der Waals surface area contributed by atoms with Crippen LogP contribution in [0.5, 0.6) is 0 Å². The Balaban J connectivity index is 1.41. The van der Waals surface area contributed by atoms with E-state index < -0.39 is 0 Å². The van der Waals surface area contributed by atoms with Crippen LogP contribution in [0.2, 0.25) is 0 Å². The summed E-state index contributed by atoms with van der Waals surface area (Å²) in [5, 5.41) is 3.27. The lowest BCUT2D eigenvalue weighted by molar-refractivity contribution is 0.0746. The van der Waals surface area contributed by atoms with E-state index in [1.54, 1.807) is 12.1 Å². The number of anilines is 1. The van der Waals surface area contributed by atoms with E-state index in [9.17, 15) is 9.18 Å². The number of carbonyl (C=O) groups excluding carboxylic acids is 1. The molecular formula is C23H28FN3O. The minimum atomic E-state index is -0.256. The highest BCUT2D eigenvalue weighted by Crippen LogP contribution is 2.27. The van der Waals surface area contributed by atoms with Crippen LogP contribution in [0.1, 0.15) is 39.4 Å². The zero-order valence-corrected chi connectivity index (χ0v) is 16.7. The van der Waals surface area contributed by atoms with E-state index in [2.05, 4.69) is 42.3 Å². The second-order valence-electron chi connectivity index (χ2n) is 8.00. The van der Waals surface area contributed by atoms with E-state index in [1.807, 2.05) is 4.90 Å². The van der Waals surface area contributed by atoms with Gasteiger partial charge in [0.1, 0.15) is 5.82 Å². The molecule has 4 rings (SSSR count). The van der Waals surface area contributed by atoms with Crippen LogP contribution in [0.15, 0.2) is 36.4 Å². The minimum absolute atomic E-state index is 0.0738. The van der Waals surface area contributed by atoms with Crippen molar-refractivity contribution >= 4 is 11.6 Å². The second-order valence-corrected chi connectivity index (χ2v) is 8.00. The molecule has 0 saturated carbocycles. The molecule has 2 aromatic carbocycles. The van der Waals surface area contributed by atoms with Gasteiger partial charge in [-0.2, -0.15) is 0 Å². The molecule has 2 saturated heterocycles. The Bertz CT molecular complexity index is 868. The number of hydrogen-bond donors (Lipinski definition) is 1. The van der Waals surface area contributed by atoms with Crippen molar-refractivity contribution in [3.05, 3.63) is 64.5 Å². The number of piperazine rings is 1. The van der Waals surface area contributed by atoms with Gasteiger partial charge in [-0.05, 0) is 56.1 Å². The van der Waals surface area contributed by atoms with E-state index >= 15 is 0 Å². The van der Waals surface area contributed by atoms with Crippen molar-refractivity contribution in [2.75, 3.05) is 44.2 Å². The van der Waals surface area contributed by atoms with E-state index in [4.69, 9.17) is 0 Å². The fourth-order valence-corrected chi connectivity index (χ4v) is 4.40. The van der Waals surface area contributed by atoms with Gasteiger partial charge in [-0.1, -0.05) is 23.8 Å². The van der Waals surface area contributed by atoms with Gasteiger partial charge in [-0.3, -0.25) is 4.79 Å². The quantitative estimate of drug-likeness (QED) is 0.884. The highest BCUT2D eigenvalue weighted by atomic mass is 19.1. The van der Waals surface area contributed by atoms with Crippen LogP contribution in [0.3, 0.4) is 0 Å². The van der Waals surface area contributed by atoms with E-state index in [-0.39, 0.29) is 17.6 Å². The first-order chi connectivity index (χ1) is 13.5. The molecule has 0 spiro atoms. The molecule has 148 valence electrons. The molecule has 0 bridgehead atoms. The largest absolute Gasteiger partial charge is 0.368 e. The lowest BCUT2D eigenvalue weighted by Gasteiger charge is -2.37. The monoisotopic (exact) mass is 381 g/mol.